The van der Waals surface area contributed by atoms with E-state index in [4.69, 9.17) is 16.3 Å². The molecular formula is C13H13ClN4O4S2. The van der Waals surface area contributed by atoms with E-state index in [2.05, 4.69) is 15.5 Å². The Labute approximate surface area is 147 Å². The number of morpholine rings is 1. The minimum absolute atomic E-state index is 0.0896. The molecule has 1 saturated heterocycles. The maximum atomic E-state index is 12.5. The SMILES string of the molecule is O=C(Nc1nnc(S(=O)(=O)N2CCOCC2)s1)c1ccccc1Cl. The number of ether oxygens (including phenoxy) is 1. The van der Waals surface area contributed by atoms with Crippen molar-refractivity contribution in [3.63, 3.8) is 0 Å². The highest BCUT2D eigenvalue weighted by Crippen LogP contribution is 2.25. The predicted molar refractivity (Wildman–Crippen MR) is 88.9 cm³/mol. The van der Waals surface area contributed by atoms with Crippen LogP contribution in [0.15, 0.2) is 28.6 Å². The van der Waals surface area contributed by atoms with E-state index in [1.54, 1.807) is 24.3 Å². The minimum Gasteiger partial charge on any atom is -0.379 e. The lowest BCUT2D eigenvalue weighted by Crippen LogP contribution is -2.40. The van der Waals surface area contributed by atoms with Crippen LogP contribution < -0.4 is 5.32 Å². The van der Waals surface area contributed by atoms with Crippen molar-refractivity contribution in [2.45, 2.75) is 4.34 Å². The highest BCUT2D eigenvalue weighted by molar-refractivity contribution is 7.91. The summed E-state index contributed by atoms with van der Waals surface area (Å²) in [6, 6.07) is 6.53. The molecule has 0 unspecified atom stereocenters. The molecule has 8 nitrogen and oxygen atoms in total. The standard InChI is InChI=1S/C13H13ClN4O4S2/c14-10-4-2-1-3-9(10)11(19)15-12-16-17-13(23-12)24(20,21)18-5-7-22-8-6-18/h1-4H,5-8H2,(H,15,16,19). The van der Waals surface area contributed by atoms with Gasteiger partial charge in [-0.1, -0.05) is 35.1 Å². The lowest BCUT2D eigenvalue weighted by molar-refractivity contribution is 0.0730. The van der Waals surface area contributed by atoms with Crippen LogP contribution in [0.2, 0.25) is 5.02 Å². The van der Waals surface area contributed by atoms with Crippen LogP contribution in [-0.4, -0.2) is 55.1 Å². The van der Waals surface area contributed by atoms with Gasteiger partial charge in [-0.25, -0.2) is 8.42 Å². The fourth-order valence-electron chi connectivity index (χ4n) is 2.07. The van der Waals surface area contributed by atoms with Gasteiger partial charge in [0.05, 0.1) is 23.8 Å². The first-order valence-corrected chi connectivity index (χ1v) is 9.59. The summed E-state index contributed by atoms with van der Waals surface area (Å²) in [7, 11) is -3.73. The van der Waals surface area contributed by atoms with Crippen molar-refractivity contribution >= 4 is 44.0 Å². The van der Waals surface area contributed by atoms with Crippen molar-refractivity contribution in [2.75, 3.05) is 31.6 Å². The van der Waals surface area contributed by atoms with E-state index in [9.17, 15) is 13.2 Å². The van der Waals surface area contributed by atoms with Gasteiger partial charge in [0.2, 0.25) is 9.47 Å². The number of hydrogen-bond acceptors (Lipinski definition) is 7. The molecule has 0 radical (unpaired) electrons. The van der Waals surface area contributed by atoms with E-state index in [-0.39, 0.29) is 28.1 Å². The zero-order chi connectivity index (χ0) is 17.2. The number of hydrogen-bond donors (Lipinski definition) is 1. The number of anilines is 1. The number of carbonyl (C=O) groups is 1. The summed E-state index contributed by atoms with van der Waals surface area (Å²) in [5.74, 6) is -0.480. The number of nitrogens with zero attached hydrogens (tertiary/aromatic N) is 3. The van der Waals surface area contributed by atoms with E-state index in [0.29, 0.717) is 18.2 Å². The number of halogens is 1. The highest BCUT2D eigenvalue weighted by atomic mass is 35.5. The maximum Gasteiger partial charge on any atom is 0.272 e. The molecule has 2 heterocycles. The van der Waals surface area contributed by atoms with E-state index < -0.39 is 15.9 Å². The summed E-state index contributed by atoms with van der Waals surface area (Å²) >= 11 is 6.75. The number of carbonyl (C=O) groups excluding carboxylic acids is 1. The largest absolute Gasteiger partial charge is 0.379 e. The number of benzene rings is 1. The molecule has 0 bridgehead atoms. The van der Waals surface area contributed by atoms with E-state index in [0.717, 1.165) is 11.3 Å². The van der Waals surface area contributed by atoms with Gasteiger partial charge in [-0.2, -0.15) is 4.31 Å². The van der Waals surface area contributed by atoms with Gasteiger partial charge in [0.1, 0.15) is 0 Å². The van der Waals surface area contributed by atoms with Crippen LogP contribution in [0, 0.1) is 0 Å². The number of nitrogens with one attached hydrogen (secondary N) is 1. The Bertz CT molecular complexity index is 849. The fraction of sp³-hybridized carbons (Fsp3) is 0.308. The van der Waals surface area contributed by atoms with Crippen molar-refractivity contribution in [3.05, 3.63) is 34.9 Å². The Morgan fingerprint density at radius 2 is 1.96 bits per heavy atom. The van der Waals surface area contributed by atoms with E-state index in [1.807, 2.05) is 0 Å². The third-order valence-electron chi connectivity index (χ3n) is 3.28. The van der Waals surface area contributed by atoms with Crippen molar-refractivity contribution in [2.24, 2.45) is 0 Å². The first-order valence-electron chi connectivity index (χ1n) is 6.96. The van der Waals surface area contributed by atoms with Gasteiger partial charge < -0.3 is 4.74 Å². The summed E-state index contributed by atoms with van der Waals surface area (Å²) in [4.78, 5) is 12.2. The van der Waals surface area contributed by atoms with Gasteiger partial charge in [-0.05, 0) is 12.1 Å². The number of amides is 1. The second-order valence-corrected chi connectivity index (χ2v) is 8.32. The van der Waals surface area contributed by atoms with Gasteiger partial charge in [-0.15, -0.1) is 10.2 Å². The van der Waals surface area contributed by atoms with Crippen molar-refractivity contribution in [3.8, 4) is 0 Å². The molecule has 0 spiro atoms. The van der Waals surface area contributed by atoms with Crippen molar-refractivity contribution in [1.29, 1.82) is 0 Å². The van der Waals surface area contributed by atoms with Crippen molar-refractivity contribution < 1.29 is 17.9 Å². The zero-order valence-corrected chi connectivity index (χ0v) is 14.7. The van der Waals surface area contributed by atoms with Gasteiger partial charge >= 0.3 is 0 Å². The third-order valence-corrected chi connectivity index (χ3v) is 6.69. The van der Waals surface area contributed by atoms with E-state index >= 15 is 0 Å². The van der Waals surface area contributed by atoms with Crippen molar-refractivity contribution in [1.82, 2.24) is 14.5 Å². The van der Waals surface area contributed by atoms with E-state index in [1.165, 1.54) is 4.31 Å². The molecule has 1 aliphatic rings. The fourth-order valence-corrected chi connectivity index (χ4v) is 4.73. The first kappa shape index (κ1) is 17.2. The molecular weight excluding hydrogens is 376 g/mol. The molecule has 0 aliphatic carbocycles. The average Bonchev–Trinajstić information content (AvgIpc) is 3.05. The smallest absolute Gasteiger partial charge is 0.272 e. The Morgan fingerprint density at radius 3 is 2.67 bits per heavy atom. The molecule has 11 heteroatoms. The third kappa shape index (κ3) is 3.57. The zero-order valence-electron chi connectivity index (χ0n) is 12.3. The van der Waals surface area contributed by atoms with Crippen LogP contribution in [0.4, 0.5) is 5.13 Å². The Kier molecular flexibility index (Phi) is 5.11. The molecule has 2 aromatic rings. The maximum absolute atomic E-state index is 12.5. The number of sulfonamides is 1. The quantitative estimate of drug-likeness (QED) is 0.796. The summed E-state index contributed by atoms with van der Waals surface area (Å²) in [6.07, 6.45) is 0. The van der Waals surface area contributed by atoms with Crippen LogP contribution in [0.3, 0.4) is 0 Å². The molecule has 0 atom stereocenters. The molecule has 1 aromatic heterocycles. The highest BCUT2D eigenvalue weighted by Gasteiger charge is 2.30. The summed E-state index contributed by atoms with van der Waals surface area (Å²) in [5.41, 5.74) is 0.270. The van der Waals surface area contributed by atoms with Crippen LogP contribution in [0.5, 0.6) is 0 Å². The van der Waals surface area contributed by atoms with Crippen LogP contribution in [-0.2, 0) is 14.8 Å². The molecule has 0 saturated carbocycles. The summed E-state index contributed by atoms with van der Waals surface area (Å²) in [6.45, 7) is 1.22. The molecule has 1 aromatic carbocycles. The predicted octanol–water partition coefficient (Wildman–Crippen LogP) is 1.46. The first-order chi connectivity index (χ1) is 11.5. The Balaban J connectivity index is 1.76. The van der Waals surface area contributed by atoms with Gasteiger partial charge in [0.25, 0.3) is 15.9 Å². The van der Waals surface area contributed by atoms with Crippen LogP contribution >= 0.6 is 22.9 Å². The van der Waals surface area contributed by atoms with Gasteiger partial charge in [0, 0.05) is 13.1 Å². The number of rotatable bonds is 4. The molecule has 1 fully saturated rings. The lowest BCUT2D eigenvalue weighted by atomic mass is 10.2. The van der Waals surface area contributed by atoms with Crippen LogP contribution in [0.25, 0.3) is 0 Å². The van der Waals surface area contributed by atoms with Crippen LogP contribution in [0.1, 0.15) is 10.4 Å². The Morgan fingerprint density at radius 1 is 1.25 bits per heavy atom. The molecule has 128 valence electrons. The van der Waals surface area contributed by atoms with Gasteiger partial charge in [-0.3, -0.25) is 10.1 Å². The second kappa shape index (κ2) is 7.11. The molecule has 24 heavy (non-hydrogen) atoms. The minimum atomic E-state index is -3.73. The monoisotopic (exact) mass is 388 g/mol. The molecule has 1 amide bonds. The normalized spacial score (nSPS) is 16.0. The summed E-state index contributed by atoms with van der Waals surface area (Å²) < 4.78 is 31.2. The second-order valence-electron chi connectivity index (χ2n) is 4.82. The average molecular weight is 389 g/mol. The topological polar surface area (TPSA) is 101 Å². The molecule has 1 aliphatic heterocycles. The van der Waals surface area contributed by atoms with Gasteiger partial charge in [0.15, 0.2) is 0 Å². The number of aromatic nitrogens is 2. The Hall–Kier alpha value is -1.59. The lowest BCUT2D eigenvalue weighted by Gasteiger charge is -2.24. The molecule has 1 N–H and O–H groups in total. The summed E-state index contributed by atoms with van der Waals surface area (Å²) in [5, 5.41) is 10.3. The molecule has 3 rings (SSSR count).